The maximum atomic E-state index is 13.6. The lowest BCUT2D eigenvalue weighted by Crippen LogP contribution is -2.19. The second-order valence-electron chi connectivity index (χ2n) is 10.3. The van der Waals surface area contributed by atoms with Gasteiger partial charge in [-0.15, -0.1) is 11.3 Å². The number of hydrogen-bond donors (Lipinski definition) is 1. The molecule has 1 aliphatic rings. The van der Waals surface area contributed by atoms with Crippen LogP contribution in [0.25, 0.3) is 32.6 Å². The molecule has 0 saturated heterocycles. The Labute approximate surface area is 233 Å². The van der Waals surface area contributed by atoms with Crippen LogP contribution in [-0.4, -0.2) is 36.2 Å². The number of rotatable bonds is 5. The Hall–Kier alpha value is -3.80. The van der Waals surface area contributed by atoms with Crippen LogP contribution in [-0.2, 0) is 30.1 Å². The number of benzene rings is 2. The topological polar surface area (TPSA) is 95.2 Å². The van der Waals surface area contributed by atoms with E-state index in [0.29, 0.717) is 22.8 Å². The van der Waals surface area contributed by atoms with E-state index in [1.54, 1.807) is 50.7 Å². The van der Waals surface area contributed by atoms with Gasteiger partial charge in [-0.25, -0.2) is 19.9 Å². The quantitative estimate of drug-likeness (QED) is 0.274. The molecule has 2 aromatic carbocycles. The second-order valence-corrected chi connectivity index (χ2v) is 11.5. The summed E-state index contributed by atoms with van der Waals surface area (Å²) in [5.74, 6) is 1.17. The van der Waals surface area contributed by atoms with E-state index in [4.69, 9.17) is 14.5 Å². The van der Waals surface area contributed by atoms with Gasteiger partial charge in [0.05, 0.1) is 34.1 Å². The fourth-order valence-corrected chi connectivity index (χ4v) is 5.85. The summed E-state index contributed by atoms with van der Waals surface area (Å²) in [6.07, 6.45) is 5.15. The van der Waals surface area contributed by atoms with Crippen molar-refractivity contribution in [2.75, 3.05) is 0 Å². The first-order valence-corrected chi connectivity index (χ1v) is 13.6. The van der Waals surface area contributed by atoms with Crippen LogP contribution in [0.3, 0.4) is 0 Å². The van der Waals surface area contributed by atoms with E-state index in [-0.39, 0.29) is 25.5 Å². The average Bonchev–Trinajstić information content (AvgIpc) is 3.47. The summed E-state index contributed by atoms with van der Waals surface area (Å²) < 4.78 is 40.4. The monoisotopic (exact) mass is 563 g/mol. The zero-order chi connectivity index (χ0) is 28.2. The summed E-state index contributed by atoms with van der Waals surface area (Å²) in [4.78, 5) is 18.8. The van der Waals surface area contributed by atoms with Crippen LogP contribution in [0.1, 0.15) is 47.2 Å². The van der Waals surface area contributed by atoms with Crippen molar-refractivity contribution < 1.29 is 23.4 Å². The predicted octanol–water partition coefficient (Wildman–Crippen LogP) is 6.14. The maximum Gasteiger partial charge on any atom is 0.387 e. The predicted molar refractivity (Wildman–Crippen MR) is 147 cm³/mol. The minimum Gasteiger partial charge on any atom is -0.434 e. The Morgan fingerprint density at radius 3 is 2.48 bits per heavy atom. The Morgan fingerprint density at radius 2 is 1.80 bits per heavy atom. The van der Waals surface area contributed by atoms with Gasteiger partial charge in [0.15, 0.2) is 5.82 Å². The number of halogens is 2. The zero-order valence-corrected chi connectivity index (χ0v) is 23.2. The molecular weight excluding hydrogens is 536 g/mol. The molecule has 206 valence electrons. The largest absolute Gasteiger partial charge is 0.434 e. The fourth-order valence-electron chi connectivity index (χ4n) is 5.03. The third-order valence-electron chi connectivity index (χ3n) is 6.93. The summed E-state index contributed by atoms with van der Waals surface area (Å²) in [6, 6.07) is 7.69. The summed E-state index contributed by atoms with van der Waals surface area (Å²) in [5, 5.41) is 11.1. The maximum absolute atomic E-state index is 13.6. The van der Waals surface area contributed by atoms with Gasteiger partial charge in [-0.05, 0) is 68.1 Å². The molecule has 0 unspecified atom stereocenters. The summed E-state index contributed by atoms with van der Waals surface area (Å²) >= 11 is 1.54. The molecule has 0 spiro atoms. The van der Waals surface area contributed by atoms with Crippen LogP contribution in [0, 0.1) is 13.8 Å². The number of ether oxygens (including phenoxy) is 2. The van der Waals surface area contributed by atoms with Crippen LogP contribution in [0.4, 0.5) is 8.78 Å². The number of aryl methyl sites for hydroxylation is 2. The van der Waals surface area contributed by atoms with E-state index in [1.807, 2.05) is 35.8 Å². The van der Waals surface area contributed by atoms with Gasteiger partial charge >= 0.3 is 6.61 Å². The highest BCUT2D eigenvalue weighted by molar-refractivity contribution is 7.15. The number of alkyl halides is 2. The standard InChI is InChI=1S/C29H27F2N5O3S/c1-15-7-19(24-11-32-16(2)40-24)21-13-38-14-25-35-22-6-5-17(18-9-33-27(34-10-18)29(3,4)37)8-23(22)36(25)12-20(21)26(15)39-28(30)31/h5-11,28,37H,12-14H2,1-4H3. The number of aromatic nitrogens is 5. The van der Waals surface area contributed by atoms with Gasteiger partial charge in [-0.1, -0.05) is 6.07 Å². The van der Waals surface area contributed by atoms with Crippen molar-refractivity contribution in [3.05, 3.63) is 76.2 Å². The van der Waals surface area contributed by atoms with Crippen LogP contribution < -0.4 is 4.74 Å². The van der Waals surface area contributed by atoms with Crippen molar-refractivity contribution in [3.8, 4) is 27.3 Å². The van der Waals surface area contributed by atoms with Gasteiger partial charge in [0.1, 0.15) is 23.8 Å². The molecule has 8 nitrogen and oxygen atoms in total. The van der Waals surface area contributed by atoms with Gasteiger partial charge < -0.3 is 19.1 Å². The van der Waals surface area contributed by atoms with E-state index in [0.717, 1.165) is 43.2 Å². The van der Waals surface area contributed by atoms with E-state index in [2.05, 4.69) is 15.0 Å². The summed E-state index contributed by atoms with van der Waals surface area (Å²) in [6.45, 7) is 4.76. The molecule has 0 aliphatic carbocycles. The molecular formula is C29H27F2N5O3S. The van der Waals surface area contributed by atoms with Crippen molar-refractivity contribution >= 4 is 22.4 Å². The zero-order valence-electron chi connectivity index (χ0n) is 22.4. The molecule has 0 bridgehead atoms. The highest BCUT2D eigenvalue weighted by atomic mass is 32.1. The molecule has 4 heterocycles. The van der Waals surface area contributed by atoms with E-state index in [1.165, 1.54) is 0 Å². The first-order chi connectivity index (χ1) is 19.1. The second kappa shape index (κ2) is 9.99. The molecule has 0 saturated carbocycles. The Balaban J connectivity index is 1.50. The van der Waals surface area contributed by atoms with E-state index < -0.39 is 12.2 Å². The summed E-state index contributed by atoms with van der Waals surface area (Å²) in [5.41, 5.74) is 4.98. The minimum absolute atomic E-state index is 0.153. The summed E-state index contributed by atoms with van der Waals surface area (Å²) in [7, 11) is 0. The van der Waals surface area contributed by atoms with Crippen molar-refractivity contribution in [1.29, 1.82) is 0 Å². The molecule has 3 aromatic heterocycles. The van der Waals surface area contributed by atoms with Crippen LogP contribution >= 0.6 is 11.3 Å². The van der Waals surface area contributed by atoms with Crippen molar-refractivity contribution in [2.24, 2.45) is 0 Å². The third kappa shape index (κ3) is 4.85. The molecule has 1 aliphatic heterocycles. The SMILES string of the molecule is Cc1ncc(-c2cc(C)c(OC(F)F)c3c2COCc2nc4ccc(-c5cnc(C(C)(C)O)nc5)cc4n2C3)s1. The van der Waals surface area contributed by atoms with Crippen molar-refractivity contribution in [2.45, 2.75) is 59.7 Å². The molecule has 6 rings (SSSR count). The first kappa shape index (κ1) is 26.4. The highest BCUT2D eigenvalue weighted by Crippen LogP contribution is 2.41. The lowest BCUT2D eigenvalue weighted by Gasteiger charge is -2.24. The first-order valence-electron chi connectivity index (χ1n) is 12.7. The van der Waals surface area contributed by atoms with Crippen molar-refractivity contribution in [1.82, 2.24) is 24.5 Å². The van der Waals surface area contributed by atoms with E-state index >= 15 is 0 Å². The van der Waals surface area contributed by atoms with E-state index in [9.17, 15) is 13.9 Å². The number of hydrogen-bond acceptors (Lipinski definition) is 8. The van der Waals surface area contributed by atoms with Gasteiger partial charge in [0.2, 0.25) is 0 Å². The fraction of sp³-hybridized carbons (Fsp3) is 0.310. The van der Waals surface area contributed by atoms with Crippen LogP contribution in [0.15, 0.2) is 42.9 Å². The molecule has 0 radical (unpaired) electrons. The highest BCUT2D eigenvalue weighted by Gasteiger charge is 2.26. The number of thiazole rings is 1. The van der Waals surface area contributed by atoms with Crippen LogP contribution in [0.5, 0.6) is 5.75 Å². The molecule has 5 aromatic rings. The molecule has 0 amide bonds. The Morgan fingerprint density at radius 1 is 1.02 bits per heavy atom. The van der Waals surface area contributed by atoms with Gasteiger partial charge in [0.25, 0.3) is 0 Å². The number of aliphatic hydroxyl groups is 1. The lowest BCUT2D eigenvalue weighted by molar-refractivity contribution is -0.0511. The third-order valence-corrected chi connectivity index (χ3v) is 7.88. The number of imidazole rings is 1. The molecule has 1 N–H and O–H groups in total. The van der Waals surface area contributed by atoms with Gasteiger partial charge in [-0.3, -0.25) is 0 Å². The van der Waals surface area contributed by atoms with Gasteiger partial charge in [0, 0.05) is 29.7 Å². The molecule has 0 atom stereocenters. The molecule has 40 heavy (non-hydrogen) atoms. The minimum atomic E-state index is -2.97. The molecule has 0 fully saturated rings. The Kier molecular flexibility index (Phi) is 6.60. The van der Waals surface area contributed by atoms with Crippen LogP contribution in [0.2, 0.25) is 0 Å². The lowest BCUT2D eigenvalue weighted by atomic mass is 9.95. The average molecular weight is 564 g/mol. The molecule has 11 heteroatoms. The normalized spacial score (nSPS) is 13.7. The smallest absolute Gasteiger partial charge is 0.387 e. The van der Waals surface area contributed by atoms with Gasteiger partial charge in [-0.2, -0.15) is 8.78 Å². The van der Waals surface area contributed by atoms with Crippen molar-refractivity contribution in [3.63, 3.8) is 0 Å². The number of fused-ring (bicyclic) bond motifs is 4. The Bertz CT molecular complexity index is 1720. The number of nitrogens with zero attached hydrogens (tertiary/aromatic N) is 5.